The van der Waals surface area contributed by atoms with Crippen LogP contribution in [0.2, 0.25) is 5.02 Å². The normalized spacial score (nSPS) is 16.9. The number of nitrogens with two attached hydrogens (primary N) is 1. The zero-order valence-corrected chi connectivity index (χ0v) is 16.9. The maximum Gasteiger partial charge on any atom is 0.326 e. The number of nitrogens with one attached hydrogen (secondary N) is 1. The molecule has 0 radical (unpaired) electrons. The number of benzene rings is 2. The van der Waals surface area contributed by atoms with Gasteiger partial charge in [0.05, 0.1) is 30.6 Å². The molecule has 0 saturated carbocycles. The highest BCUT2D eigenvalue weighted by atomic mass is 35.5. The predicted octanol–water partition coefficient (Wildman–Crippen LogP) is 2.98. The Hall–Kier alpha value is -2.93. The number of aromatic nitrogens is 2. The number of nitrogen functional groups attached to an aromatic ring is 1. The summed E-state index contributed by atoms with van der Waals surface area (Å²) in [5, 5.41) is 0.534. The molecule has 1 fully saturated rings. The van der Waals surface area contributed by atoms with E-state index in [1.807, 2.05) is 11.0 Å². The summed E-state index contributed by atoms with van der Waals surface area (Å²) in [7, 11) is 1.57. The summed E-state index contributed by atoms with van der Waals surface area (Å²) in [5.41, 5.74) is 8.66. The van der Waals surface area contributed by atoms with Gasteiger partial charge in [-0.25, -0.2) is 4.79 Å². The summed E-state index contributed by atoms with van der Waals surface area (Å²) in [6.45, 7) is 1.16. The molecule has 0 spiro atoms. The number of aromatic amines is 1. The smallest absolute Gasteiger partial charge is 0.326 e. The Bertz CT molecular complexity index is 1120. The van der Waals surface area contributed by atoms with Crippen LogP contribution in [0.15, 0.2) is 41.2 Å². The number of carbonyl (C=O) groups is 1. The molecule has 0 bridgehead atoms. The van der Waals surface area contributed by atoms with Crippen LogP contribution in [-0.2, 0) is 11.2 Å². The Balaban J connectivity index is 1.55. The fraction of sp³-hybridized carbons (Fsp3) is 0.333. The number of piperidine rings is 1. The first-order chi connectivity index (χ1) is 13.9. The van der Waals surface area contributed by atoms with Crippen molar-refractivity contribution >= 4 is 34.2 Å². The molecule has 1 aromatic heterocycles. The molecule has 0 unspecified atom stereocenters. The van der Waals surface area contributed by atoms with Crippen LogP contribution in [0, 0.1) is 0 Å². The largest absolute Gasteiger partial charge is 0.497 e. The lowest BCUT2D eigenvalue weighted by atomic mass is 10.0. The molecule has 2 heterocycles. The van der Waals surface area contributed by atoms with Gasteiger partial charge < -0.3 is 20.4 Å². The molecule has 1 atom stereocenters. The van der Waals surface area contributed by atoms with Crippen LogP contribution in [0.5, 0.6) is 5.75 Å². The van der Waals surface area contributed by atoms with E-state index >= 15 is 0 Å². The molecule has 3 aromatic rings. The fourth-order valence-electron chi connectivity index (χ4n) is 4.02. The van der Waals surface area contributed by atoms with Crippen LogP contribution in [0.1, 0.15) is 24.4 Å². The third-order valence-electron chi connectivity index (χ3n) is 5.38. The van der Waals surface area contributed by atoms with E-state index in [2.05, 4.69) is 4.98 Å². The van der Waals surface area contributed by atoms with Gasteiger partial charge in [-0.15, -0.1) is 0 Å². The van der Waals surface area contributed by atoms with Crippen molar-refractivity contribution in [2.24, 2.45) is 0 Å². The number of anilines is 1. The Morgan fingerprint density at radius 3 is 2.93 bits per heavy atom. The van der Waals surface area contributed by atoms with E-state index in [9.17, 15) is 9.59 Å². The molecule has 0 aliphatic carbocycles. The molecule has 152 valence electrons. The number of H-pyrrole nitrogens is 1. The zero-order chi connectivity index (χ0) is 20.5. The maximum absolute atomic E-state index is 12.9. The third-order valence-corrected chi connectivity index (χ3v) is 5.60. The molecule has 4 rings (SSSR count). The molecular formula is C21H23ClN4O3. The van der Waals surface area contributed by atoms with E-state index in [-0.39, 0.29) is 24.1 Å². The molecule has 7 nitrogen and oxygen atoms in total. The molecule has 3 N–H and O–H groups in total. The molecule has 29 heavy (non-hydrogen) atoms. The van der Waals surface area contributed by atoms with Crippen molar-refractivity contribution in [3.63, 3.8) is 0 Å². The lowest BCUT2D eigenvalue weighted by Gasteiger charge is -2.33. The Morgan fingerprint density at radius 1 is 1.31 bits per heavy atom. The summed E-state index contributed by atoms with van der Waals surface area (Å²) in [4.78, 5) is 30.2. The van der Waals surface area contributed by atoms with Gasteiger partial charge in [0.1, 0.15) is 5.75 Å². The van der Waals surface area contributed by atoms with E-state index in [0.29, 0.717) is 29.5 Å². The number of ether oxygens (including phenoxy) is 1. The first-order valence-electron chi connectivity index (χ1n) is 9.55. The van der Waals surface area contributed by atoms with Crippen LogP contribution in [-0.4, -0.2) is 40.6 Å². The molecule has 2 aromatic carbocycles. The number of nitrogens with zero attached hydrogens (tertiary/aromatic N) is 2. The monoisotopic (exact) mass is 414 g/mol. The van der Waals surface area contributed by atoms with Gasteiger partial charge in [0.25, 0.3) is 0 Å². The van der Waals surface area contributed by atoms with E-state index in [4.69, 9.17) is 22.1 Å². The van der Waals surface area contributed by atoms with E-state index in [1.54, 1.807) is 42.0 Å². The van der Waals surface area contributed by atoms with E-state index < -0.39 is 0 Å². The predicted molar refractivity (Wildman–Crippen MR) is 114 cm³/mol. The van der Waals surface area contributed by atoms with Gasteiger partial charge in [-0.3, -0.25) is 9.36 Å². The Morgan fingerprint density at radius 2 is 2.14 bits per heavy atom. The summed E-state index contributed by atoms with van der Waals surface area (Å²) in [6, 6.07) is 10.6. The number of rotatable bonds is 4. The minimum atomic E-state index is -0.176. The van der Waals surface area contributed by atoms with Gasteiger partial charge >= 0.3 is 5.69 Å². The van der Waals surface area contributed by atoms with Crippen molar-refractivity contribution in [3.8, 4) is 5.75 Å². The molecule has 1 aliphatic rings. The van der Waals surface area contributed by atoms with Gasteiger partial charge in [-0.1, -0.05) is 11.6 Å². The lowest BCUT2D eigenvalue weighted by Crippen LogP contribution is -2.43. The number of hydrogen-bond donors (Lipinski definition) is 2. The minimum Gasteiger partial charge on any atom is -0.497 e. The number of amides is 1. The van der Waals surface area contributed by atoms with E-state index in [1.165, 1.54) is 0 Å². The van der Waals surface area contributed by atoms with Crippen molar-refractivity contribution in [2.45, 2.75) is 25.3 Å². The number of fused-ring (bicyclic) bond motifs is 1. The van der Waals surface area contributed by atoms with Crippen molar-refractivity contribution in [3.05, 3.63) is 57.5 Å². The molecule has 1 aliphatic heterocycles. The number of hydrogen-bond acceptors (Lipinski definition) is 4. The van der Waals surface area contributed by atoms with Gasteiger partial charge in [-0.05, 0) is 54.8 Å². The van der Waals surface area contributed by atoms with E-state index in [0.717, 1.165) is 29.4 Å². The SMILES string of the molecule is COc1cc(Cl)cc(CC(=O)N2CCC[C@H](n3c(=O)[nH]c4ccc(N)cc43)C2)c1. The highest BCUT2D eigenvalue weighted by Gasteiger charge is 2.27. The number of carbonyl (C=O) groups excluding carboxylic acids is 1. The number of halogens is 1. The maximum atomic E-state index is 12.9. The summed E-state index contributed by atoms with van der Waals surface area (Å²) in [6.07, 6.45) is 1.90. The van der Waals surface area contributed by atoms with Gasteiger partial charge in [0, 0.05) is 23.8 Å². The minimum absolute atomic E-state index is 0.00595. The molecule has 1 amide bonds. The quantitative estimate of drug-likeness (QED) is 0.642. The van der Waals surface area contributed by atoms with Gasteiger partial charge in [-0.2, -0.15) is 0 Å². The van der Waals surface area contributed by atoms with Crippen molar-refractivity contribution in [2.75, 3.05) is 25.9 Å². The first kappa shape index (κ1) is 19.4. The van der Waals surface area contributed by atoms with Crippen LogP contribution < -0.4 is 16.2 Å². The Labute approximate surface area is 173 Å². The second kappa shape index (κ2) is 7.83. The van der Waals surface area contributed by atoms with Crippen LogP contribution in [0.25, 0.3) is 11.0 Å². The standard InChI is InChI=1S/C21H23ClN4O3/c1-29-17-8-13(7-14(22)10-17)9-20(27)25-6-2-3-16(12-25)26-19-11-15(23)4-5-18(19)24-21(26)28/h4-5,7-8,10-11,16H,2-3,6,9,12,23H2,1H3,(H,24,28)/t16-/m0/s1. The van der Waals surface area contributed by atoms with Crippen molar-refractivity contribution < 1.29 is 9.53 Å². The van der Waals surface area contributed by atoms with Crippen LogP contribution >= 0.6 is 11.6 Å². The molecule has 1 saturated heterocycles. The highest BCUT2D eigenvalue weighted by Crippen LogP contribution is 2.26. The average Bonchev–Trinajstić information content (AvgIpc) is 3.02. The van der Waals surface area contributed by atoms with Crippen molar-refractivity contribution in [1.29, 1.82) is 0 Å². The summed E-state index contributed by atoms with van der Waals surface area (Å²) in [5.74, 6) is 0.631. The number of methoxy groups -OCH3 is 1. The topological polar surface area (TPSA) is 93.3 Å². The van der Waals surface area contributed by atoms with Gasteiger partial charge in [0.15, 0.2) is 0 Å². The highest BCUT2D eigenvalue weighted by molar-refractivity contribution is 6.30. The van der Waals surface area contributed by atoms with Crippen LogP contribution in [0.4, 0.5) is 5.69 Å². The third kappa shape index (κ3) is 3.96. The number of imidazole rings is 1. The zero-order valence-electron chi connectivity index (χ0n) is 16.2. The molecule has 8 heteroatoms. The second-order valence-electron chi connectivity index (χ2n) is 7.39. The first-order valence-corrected chi connectivity index (χ1v) is 9.93. The lowest BCUT2D eigenvalue weighted by molar-refractivity contribution is -0.132. The van der Waals surface area contributed by atoms with Crippen molar-refractivity contribution in [1.82, 2.24) is 14.5 Å². The Kier molecular flexibility index (Phi) is 5.24. The average molecular weight is 415 g/mol. The summed E-state index contributed by atoms with van der Waals surface area (Å²) < 4.78 is 6.96. The fourth-order valence-corrected chi connectivity index (χ4v) is 4.27. The molecular weight excluding hydrogens is 392 g/mol. The van der Waals surface area contributed by atoms with Crippen LogP contribution in [0.3, 0.4) is 0 Å². The second-order valence-corrected chi connectivity index (χ2v) is 7.83. The van der Waals surface area contributed by atoms with Gasteiger partial charge in [0.2, 0.25) is 5.91 Å². The summed E-state index contributed by atoms with van der Waals surface area (Å²) >= 11 is 6.12. The number of likely N-dealkylation sites (tertiary alicyclic amines) is 1.